The number of aryl methyl sites for hydroxylation is 1. The van der Waals surface area contributed by atoms with Crippen LogP contribution in [0.25, 0.3) is 0 Å². The first-order valence-corrected chi connectivity index (χ1v) is 6.29. The van der Waals surface area contributed by atoms with Crippen LogP contribution in [0.1, 0.15) is 23.5 Å². The summed E-state index contributed by atoms with van der Waals surface area (Å²) in [5, 5.41) is 8.07. The maximum absolute atomic E-state index is 5.59. The quantitative estimate of drug-likeness (QED) is 0.652. The fourth-order valence-corrected chi connectivity index (χ4v) is 2.60. The molecular weight excluding hydrogens is 292 g/mol. The van der Waals surface area contributed by atoms with Gasteiger partial charge in [0.15, 0.2) is 0 Å². The third-order valence-electron chi connectivity index (χ3n) is 2.24. The topological polar surface area (TPSA) is 81.7 Å². The average molecular weight is 303 g/mol. The average Bonchev–Trinajstić information content (AvgIpc) is 2.91. The first kappa shape index (κ1) is 11.6. The van der Waals surface area contributed by atoms with E-state index in [0.29, 0.717) is 0 Å². The molecule has 0 radical (unpaired) electrons. The fraction of sp³-hybridized carbons (Fsp3) is 0.375. The van der Waals surface area contributed by atoms with Gasteiger partial charge in [0, 0.05) is 6.54 Å². The van der Waals surface area contributed by atoms with E-state index in [-0.39, 0.29) is 6.04 Å². The van der Waals surface area contributed by atoms with Crippen molar-refractivity contribution in [3.8, 4) is 0 Å². The lowest BCUT2D eigenvalue weighted by Gasteiger charge is -2.15. The van der Waals surface area contributed by atoms with Crippen LogP contribution >= 0.6 is 27.5 Å². The molecule has 0 aliphatic rings. The monoisotopic (exact) mass is 302 g/mol. The Morgan fingerprint density at radius 2 is 2.44 bits per heavy atom. The maximum Gasteiger partial charge on any atom is 0.101 e. The molecule has 0 fully saturated rings. The normalized spacial score (nSPS) is 12.9. The first-order chi connectivity index (χ1) is 7.77. The highest BCUT2D eigenvalue weighted by atomic mass is 79.9. The van der Waals surface area contributed by atoms with E-state index in [2.05, 4.69) is 36.0 Å². The molecule has 0 amide bonds. The van der Waals surface area contributed by atoms with E-state index in [0.717, 1.165) is 21.6 Å². The summed E-state index contributed by atoms with van der Waals surface area (Å²) in [6, 6.07) is -0.142. The molecule has 16 heavy (non-hydrogen) atoms. The second kappa shape index (κ2) is 5.00. The van der Waals surface area contributed by atoms with Crippen molar-refractivity contribution in [2.75, 3.05) is 0 Å². The molecule has 1 atom stereocenters. The Bertz CT molecular complexity index is 453. The van der Waals surface area contributed by atoms with Crippen LogP contribution in [-0.2, 0) is 6.54 Å². The molecular formula is C8H11BrN6S. The van der Waals surface area contributed by atoms with Crippen LogP contribution in [0.2, 0.25) is 0 Å². The van der Waals surface area contributed by atoms with Crippen molar-refractivity contribution in [2.45, 2.75) is 19.5 Å². The Hall–Kier alpha value is -0.830. The largest absolute Gasteiger partial charge is 0.270 e. The van der Waals surface area contributed by atoms with E-state index in [1.807, 2.05) is 11.6 Å². The molecule has 2 heterocycles. The zero-order valence-corrected chi connectivity index (χ0v) is 11.0. The highest BCUT2D eigenvalue weighted by Crippen LogP contribution is 2.29. The minimum atomic E-state index is -0.142. The van der Waals surface area contributed by atoms with Crippen LogP contribution in [0.3, 0.4) is 0 Å². The zero-order chi connectivity index (χ0) is 11.5. The Labute approximate surface area is 105 Å². The molecule has 0 saturated carbocycles. The predicted octanol–water partition coefficient (Wildman–Crippen LogP) is 1.07. The number of aromatic nitrogens is 4. The molecule has 1 unspecified atom stereocenters. The Morgan fingerprint density at radius 1 is 1.62 bits per heavy atom. The molecule has 6 nitrogen and oxygen atoms in total. The highest BCUT2D eigenvalue weighted by molar-refractivity contribution is 9.10. The van der Waals surface area contributed by atoms with Crippen LogP contribution < -0.4 is 11.3 Å². The molecule has 2 rings (SSSR count). The van der Waals surface area contributed by atoms with Gasteiger partial charge >= 0.3 is 0 Å². The van der Waals surface area contributed by atoms with E-state index >= 15 is 0 Å². The Kier molecular flexibility index (Phi) is 3.64. The van der Waals surface area contributed by atoms with Crippen molar-refractivity contribution in [1.82, 2.24) is 24.8 Å². The van der Waals surface area contributed by atoms with Crippen molar-refractivity contribution in [3.63, 3.8) is 0 Å². The number of nitrogens with one attached hydrogen (secondary N) is 1. The van der Waals surface area contributed by atoms with E-state index in [1.165, 1.54) is 11.5 Å². The van der Waals surface area contributed by atoms with Crippen molar-refractivity contribution in [2.24, 2.45) is 5.84 Å². The fourth-order valence-electron chi connectivity index (χ4n) is 1.51. The molecule has 0 aliphatic heterocycles. The van der Waals surface area contributed by atoms with Crippen LogP contribution in [0, 0.1) is 0 Å². The van der Waals surface area contributed by atoms with Gasteiger partial charge < -0.3 is 0 Å². The second-order valence-corrected chi connectivity index (χ2v) is 4.78. The number of halogens is 1. The van der Waals surface area contributed by atoms with E-state index in [1.54, 1.807) is 12.4 Å². The summed E-state index contributed by atoms with van der Waals surface area (Å²) in [6.07, 6.45) is 3.46. The number of hydrogen-bond donors (Lipinski definition) is 2. The summed E-state index contributed by atoms with van der Waals surface area (Å²) in [5.41, 5.74) is 3.74. The summed E-state index contributed by atoms with van der Waals surface area (Å²) in [5.74, 6) is 5.59. The Morgan fingerprint density at radius 3 is 3.00 bits per heavy atom. The van der Waals surface area contributed by atoms with Gasteiger partial charge in [-0.3, -0.25) is 10.5 Å². The molecule has 8 heteroatoms. The maximum atomic E-state index is 5.59. The van der Waals surface area contributed by atoms with Crippen LogP contribution in [0.15, 0.2) is 16.9 Å². The minimum Gasteiger partial charge on any atom is -0.270 e. The summed E-state index contributed by atoms with van der Waals surface area (Å²) in [6.45, 7) is 2.81. The highest BCUT2D eigenvalue weighted by Gasteiger charge is 2.22. The third-order valence-corrected chi connectivity index (χ3v) is 3.57. The van der Waals surface area contributed by atoms with Crippen molar-refractivity contribution >= 4 is 27.5 Å². The van der Waals surface area contributed by atoms with Gasteiger partial charge in [-0.05, 0) is 34.4 Å². The van der Waals surface area contributed by atoms with Gasteiger partial charge in [-0.1, -0.05) is 4.49 Å². The van der Waals surface area contributed by atoms with Gasteiger partial charge in [-0.25, -0.2) is 5.43 Å². The van der Waals surface area contributed by atoms with Crippen molar-refractivity contribution in [3.05, 3.63) is 27.4 Å². The third kappa shape index (κ3) is 2.01. The minimum absolute atomic E-state index is 0.142. The Balaban J connectivity index is 2.44. The van der Waals surface area contributed by atoms with Gasteiger partial charge in [0.1, 0.15) is 6.04 Å². The predicted molar refractivity (Wildman–Crippen MR) is 64.7 cm³/mol. The summed E-state index contributed by atoms with van der Waals surface area (Å²) in [7, 11) is 0. The number of rotatable bonds is 4. The van der Waals surface area contributed by atoms with E-state index in [9.17, 15) is 0 Å². The zero-order valence-electron chi connectivity index (χ0n) is 8.59. The molecule has 3 N–H and O–H groups in total. The smallest absolute Gasteiger partial charge is 0.101 e. The summed E-state index contributed by atoms with van der Waals surface area (Å²) in [4.78, 5) is 0.957. The molecule has 0 bridgehead atoms. The number of hydrazine groups is 1. The van der Waals surface area contributed by atoms with Crippen LogP contribution in [0.4, 0.5) is 0 Å². The van der Waals surface area contributed by atoms with Gasteiger partial charge in [-0.15, -0.1) is 5.10 Å². The van der Waals surface area contributed by atoms with Gasteiger partial charge in [0.05, 0.1) is 27.4 Å². The second-order valence-electron chi connectivity index (χ2n) is 3.11. The lowest BCUT2D eigenvalue weighted by atomic mass is 10.2. The molecule has 2 aromatic heterocycles. The van der Waals surface area contributed by atoms with Gasteiger partial charge in [0.2, 0.25) is 0 Å². The van der Waals surface area contributed by atoms with Crippen LogP contribution in [0.5, 0.6) is 0 Å². The van der Waals surface area contributed by atoms with Crippen molar-refractivity contribution in [1.29, 1.82) is 0 Å². The lowest BCUT2D eigenvalue weighted by Crippen LogP contribution is -2.30. The number of hydrogen-bond acceptors (Lipinski definition) is 6. The number of nitrogens with zero attached hydrogens (tertiary/aromatic N) is 4. The van der Waals surface area contributed by atoms with Crippen LogP contribution in [-0.4, -0.2) is 19.4 Å². The van der Waals surface area contributed by atoms with Gasteiger partial charge in [-0.2, -0.15) is 5.10 Å². The SMILES string of the molecule is CCn1ncc(Br)c1C(NN)c1cnns1. The standard InChI is InChI=1S/C8H11BrN6S/c1-2-15-8(5(9)3-12-15)7(13-10)6-4-11-14-16-6/h3-4,7,13H,2,10H2,1H3. The summed E-state index contributed by atoms with van der Waals surface area (Å²) >= 11 is 4.79. The molecule has 2 aromatic rings. The van der Waals surface area contributed by atoms with Crippen molar-refractivity contribution < 1.29 is 0 Å². The molecule has 0 aromatic carbocycles. The molecule has 0 saturated heterocycles. The van der Waals surface area contributed by atoms with E-state index in [4.69, 9.17) is 5.84 Å². The first-order valence-electron chi connectivity index (χ1n) is 4.72. The molecule has 0 aliphatic carbocycles. The van der Waals surface area contributed by atoms with Gasteiger partial charge in [0.25, 0.3) is 0 Å². The molecule has 86 valence electrons. The number of nitrogens with two attached hydrogens (primary N) is 1. The molecule has 0 spiro atoms. The van der Waals surface area contributed by atoms with E-state index < -0.39 is 0 Å². The lowest BCUT2D eigenvalue weighted by molar-refractivity contribution is 0.546. The summed E-state index contributed by atoms with van der Waals surface area (Å²) < 4.78 is 6.64.